The van der Waals surface area contributed by atoms with E-state index in [1.165, 1.54) is 16.8 Å². The topological polar surface area (TPSA) is 14.2 Å². The molecule has 0 aliphatic carbocycles. The van der Waals surface area contributed by atoms with Crippen LogP contribution in [0.4, 0.5) is 10.1 Å². The van der Waals surface area contributed by atoms with Crippen molar-refractivity contribution in [1.29, 1.82) is 0 Å². The highest BCUT2D eigenvalue weighted by molar-refractivity contribution is 6.12. The Morgan fingerprint density at radius 2 is 1.23 bits per heavy atom. The second kappa shape index (κ2) is 7.31. The fourth-order valence-corrected chi connectivity index (χ4v) is 5.36. The van der Waals surface area contributed by atoms with Crippen LogP contribution in [-0.4, -0.2) is 9.13 Å². The molecule has 2 heterocycles. The highest BCUT2D eigenvalue weighted by Crippen LogP contribution is 2.39. The highest BCUT2D eigenvalue weighted by Gasteiger charge is 2.19. The number of para-hydroxylation sites is 4. The van der Waals surface area contributed by atoms with Crippen molar-refractivity contribution >= 4 is 49.3 Å². The van der Waals surface area contributed by atoms with E-state index in [2.05, 4.69) is 70.1 Å². The first kappa shape index (κ1) is 19.6. The molecule has 7 aromatic rings. The van der Waals surface area contributed by atoms with E-state index >= 15 is 4.39 Å². The summed E-state index contributed by atoms with van der Waals surface area (Å²) in [5.41, 5.74) is 6.09. The maximum Gasteiger partial charge on any atom is 0.210 e. The van der Waals surface area contributed by atoms with Crippen LogP contribution in [0.5, 0.6) is 0 Å². The third-order valence-electron chi connectivity index (χ3n) is 6.81. The van der Waals surface area contributed by atoms with Crippen molar-refractivity contribution in [3.8, 4) is 11.4 Å². The number of hydrogen-bond acceptors (Lipinski definition) is 0. The normalized spacial score (nSPS) is 11.5. The highest BCUT2D eigenvalue weighted by atomic mass is 19.1. The quantitative estimate of drug-likeness (QED) is 0.234. The van der Waals surface area contributed by atoms with E-state index in [9.17, 15) is 0 Å². The van der Waals surface area contributed by atoms with Gasteiger partial charge >= 0.3 is 0 Å². The summed E-state index contributed by atoms with van der Waals surface area (Å²) in [6.45, 7) is 7.72. The predicted molar refractivity (Wildman–Crippen MR) is 141 cm³/mol. The molecular weight excluding hydrogens is 433 g/mol. The zero-order chi connectivity index (χ0) is 23.5. The van der Waals surface area contributed by atoms with Crippen molar-refractivity contribution < 1.29 is 4.39 Å². The lowest BCUT2D eigenvalue weighted by molar-refractivity contribution is 0.640. The molecule has 35 heavy (non-hydrogen) atoms. The minimum Gasteiger partial charge on any atom is -0.319 e. The van der Waals surface area contributed by atoms with Gasteiger partial charge in [0.2, 0.25) is 5.69 Å². The van der Waals surface area contributed by atoms with Gasteiger partial charge in [0.1, 0.15) is 5.82 Å². The number of halogens is 1. The van der Waals surface area contributed by atoms with E-state index in [0.717, 1.165) is 38.8 Å². The van der Waals surface area contributed by atoms with Crippen molar-refractivity contribution in [3.05, 3.63) is 126 Å². The molecule has 0 bridgehead atoms. The molecule has 0 fully saturated rings. The van der Waals surface area contributed by atoms with Gasteiger partial charge in [0.25, 0.3) is 0 Å². The summed E-state index contributed by atoms with van der Waals surface area (Å²) < 4.78 is 19.4. The van der Waals surface area contributed by atoms with Crippen molar-refractivity contribution in [1.82, 2.24) is 9.13 Å². The molecule has 0 aliphatic rings. The van der Waals surface area contributed by atoms with E-state index in [-0.39, 0.29) is 5.82 Å². The lowest BCUT2D eigenvalue weighted by Crippen LogP contribution is -1.97. The van der Waals surface area contributed by atoms with E-state index in [1.807, 2.05) is 34.9 Å². The van der Waals surface area contributed by atoms with Crippen molar-refractivity contribution in [2.45, 2.75) is 0 Å². The van der Waals surface area contributed by atoms with E-state index in [0.29, 0.717) is 11.1 Å². The number of nitrogens with zero attached hydrogens (tertiary/aromatic N) is 3. The van der Waals surface area contributed by atoms with Crippen LogP contribution in [0, 0.1) is 12.4 Å². The maximum atomic E-state index is 15.1. The number of rotatable bonds is 2. The van der Waals surface area contributed by atoms with Gasteiger partial charge in [0, 0.05) is 27.2 Å². The SMILES string of the molecule is [C-]#[N+]c1ccccc1-n1c2cc(-n3c4ccccc4c4ccccc43)ccc2c2c(F)cccc21. The Bertz CT molecular complexity index is 1930. The summed E-state index contributed by atoms with van der Waals surface area (Å²) in [7, 11) is 0. The van der Waals surface area contributed by atoms with Crippen LogP contribution in [0.2, 0.25) is 0 Å². The molecule has 0 aliphatic heterocycles. The van der Waals surface area contributed by atoms with Gasteiger partial charge in [-0.3, -0.25) is 0 Å². The second-order valence-corrected chi connectivity index (χ2v) is 8.64. The first-order valence-corrected chi connectivity index (χ1v) is 11.4. The molecule has 0 radical (unpaired) electrons. The van der Waals surface area contributed by atoms with E-state index < -0.39 is 0 Å². The van der Waals surface area contributed by atoms with Gasteiger partial charge in [-0.2, -0.15) is 0 Å². The van der Waals surface area contributed by atoms with Gasteiger partial charge in [-0.1, -0.05) is 66.7 Å². The van der Waals surface area contributed by atoms with Crippen molar-refractivity contribution in [2.24, 2.45) is 0 Å². The first-order valence-electron chi connectivity index (χ1n) is 11.4. The zero-order valence-corrected chi connectivity index (χ0v) is 18.6. The molecular formula is C31H18FN3. The van der Waals surface area contributed by atoms with Crippen LogP contribution in [0.1, 0.15) is 0 Å². The van der Waals surface area contributed by atoms with Gasteiger partial charge in [-0.15, -0.1) is 0 Å². The second-order valence-electron chi connectivity index (χ2n) is 8.64. The van der Waals surface area contributed by atoms with Gasteiger partial charge in [0.05, 0.1) is 34.3 Å². The van der Waals surface area contributed by atoms with E-state index in [1.54, 1.807) is 12.1 Å². The third-order valence-corrected chi connectivity index (χ3v) is 6.81. The Kier molecular flexibility index (Phi) is 4.09. The van der Waals surface area contributed by atoms with Crippen LogP contribution in [0.15, 0.2) is 109 Å². The van der Waals surface area contributed by atoms with Crippen molar-refractivity contribution in [2.75, 3.05) is 0 Å². The minimum atomic E-state index is -0.267. The number of fused-ring (bicyclic) bond motifs is 6. The van der Waals surface area contributed by atoms with Crippen LogP contribution in [0.25, 0.3) is 59.8 Å². The summed E-state index contributed by atoms with van der Waals surface area (Å²) in [4.78, 5) is 3.75. The number of benzene rings is 5. The predicted octanol–water partition coefficient (Wildman–Crippen LogP) is 8.57. The Labute approximate surface area is 200 Å². The molecule has 0 N–H and O–H groups in total. The molecule has 3 nitrogen and oxygen atoms in total. The largest absolute Gasteiger partial charge is 0.319 e. The number of aromatic nitrogens is 2. The molecule has 0 saturated carbocycles. The Balaban J connectivity index is 1.64. The smallest absolute Gasteiger partial charge is 0.210 e. The monoisotopic (exact) mass is 451 g/mol. The molecule has 5 aromatic carbocycles. The molecule has 0 amide bonds. The minimum absolute atomic E-state index is 0.267. The molecule has 164 valence electrons. The van der Waals surface area contributed by atoms with E-state index in [4.69, 9.17) is 6.57 Å². The maximum absolute atomic E-state index is 15.1. The van der Waals surface area contributed by atoms with Crippen LogP contribution in [0.3, 0.4) is 0 Å². The molecule has 0 spiro atoms. The summed E-state index contributed by atoms with van der Waals surface area (Å²) in [6, 6.07) is 35.5. The van der Waals surface area contributed by atoms with Crippen molar-refractivity contribution in [3.63, 3.8) is 0 Å². The molecule has 0 saturated heterocycles. The van der Waals surface area contributed by atoms with Gasteiger partial charge in [0.15, 0.2) is 0 Å². The summed E-state index contributed by atoms with van der Waals surface area (Å²) in [5.74, 6) is -0.267. The standard InChI is InChI=1S/C31H18FN3/c1-33-25-12-4-7-15-28(25)35-29-16-8-11-24(32)31(29)23-18-17-20(19-30(23)35)34-26-13-5-2-9-21(26)22-10-3-6-14-27(22)34/h2-19H. The summed E-state index contributed by atoms with van der Waals surface area (Å²) in [6.07, 6.45) is 0. The zero-order valence-electron chi connectivity index (χ0n) is 18.6. The molecule has 2 aromatic heterocycles. The Hall–Kier alpha value is -4.88. The molecule has 0 atom stereocenters. The first-order chi connectivity index (χ1) is 17.3. The lowest BCUT2D eigenvalue weighted by Gasteiger charge is -2.12. The van der Waals surface area contributed by atoms with Crippen LogP contribution < -0.4 is 0 Å². The molecule has 4 heteroatoms. The lowest BCUT2D eigenvalue weighted by atomic mass is 10.1. The van der Waals surface area contributed by atoms with Gasteiger partial charge in [-0.05, 0) is 42.5 Å². The number of hydrogen-bond donors (Lipinski definition) is 0. The summed E-state index contributed by atoms with van der Waals surface area (Å²) in [5, 5.41) is 3.76. The Morgan fingerprint density at radius 3 is 1.97 bits per heavy atom. The third kappa shape index (κ3) is 2.70. The average Bonchev–Trinajstić information content (AvgIpc) is 3.42. The molecule has 7 rings (SSSR count). The molecule has 0 unspecified atom stereocenters. The average molecular weight is 452 g/mol. The van der Waals surface area contributed by atoms with Gasteiger partial charge < -0.3 is 9.13 Å². The van der Waals surface area contributed by atoms with Gasteiger partial charge in [-0.25, -0.2) is 9.24 Å². The Morgan fingerprint density at radius 1 is 0.571 bits per heavy atom. The fraction of sp³-hybridized carbons (Fsp3) is 0. The summed E-state index contributed by atoms with van der Waals surface area (Å²) >= 11 is 0. The van der Waals surface area contributed by atoms with Crippen LogP contribution in [-0.2, 0) is 0 Å². The van der Waals surface area contributed by atoms with Crippen LogP contribution >= 0.6 is 0 Å². The fourth-order valence-electron chi connectivity index (χ4n) is 5.36.